The topological polar surface area (TPSA) is 46.5 Å². The molecule has 4 nitrogen and oxygen atoms in total. The van der Waals surface area contributed by atoms with Crippen molar-refractivity contribution >= 4 is 22.7 Å². The zero-order valence-electron chi connectivity index (χ0n) is 14.5. The summed E-state index contributed by atoms with van der Waals surface area (Å²) in [6.45, 7) is 0. The van der Waals surface area contributed by atoms with Crippen molar-refractivity contribution in [3.05, 3.63) is 65.5 Å². The largest absolute Gasteiger partial charge is 0.490 e. The molecule has 1 aromatic heterocycles. The van der Waals surface area contributed by atoms with E-state index in [1.165, 1.54) is 25.7 Å². The van der Waals surface area contributed by atoms with E-state index in [2.05, 4.69) is 27.6 Å². The molecule has 3 aromatic rings. The third-order valence-electron chi connectivity index (χ3n) is 4.43. The summed E-state index contributed by atoms with van der Waals surface area (Å²) in [5.41, 5.74) is 6.10. The minimum atomic E-state index is 0.389. The standard InChI is InChI=1S/C21H21N3OS/c1-2-6-17(7-3-1)20-15-26-21(23-20)24-22-14-16-10-12-19(13-11-16)25-18-8-4-5-9-18/h1-3,6-7,10-15,18H,4-5,8-9H2,(H,23,24). The van der Waals surface area contributed by atoms with Crippen molar-refractivity contribution in [2.45, 2.75) is 31.8 Å². The number of hydrogen-bond donors (Lipinski definition) is 1. The number of hydrazone groups is 1. The highest BCUT2D eigenvalue weighted by Crippen LogP contribution is 2.25. The first-order valence-electron chi connectivity index (χ1n) is 8.93. The van der Waals surface area contributed by atoms with Crippen LogP contribution in [0.1, 0.15) is 31.2 Å². The van der Waals surface area contributed by atoms with Gasteiger partial charge in [0.05, 0.1) is 18.0 Å². The fourth-order valence-electron chi connectivity index (χ4n) is 3.06. The average Bonchev–Trinajstić information content (AvgIpc) is 3.36. The lowest BCUT2D eigenvalue weighted by Gasteiger charge is -2.12. The third kappa shape index (κ3) is 4.29. The number of rotatable bonds is 6. The maximum atomic E-state index is 5.98. The van der Waals surface area contributed by atoms with Crippen LogP contribution in [0.15, 0.2) is 65.1 Å². The molecule has 1 fully saturated rings. The molecule has 0 radical (unpaired) electrons. The van der Waals surface area contributed by atoms with E-state index in [4.69, 9.17) is 4.74 Å². The van der Waals surface area contributed by atoms with Gasteiger partial charge in [0.15, 0.2) is 0 Å². The molecule has 4 rings (SSSR count). The lowest BCUT2D eigenvalue weighted by atomic mass is 10.2. The molecule has 0 saturated heterocycles. The highest BCUT2D eigenvalue weighted by atomic mass is 32.1. The highest BCUT2D eigenvalue weighted by Gasteiger charge is 2.16. The van der Waals surface area contributed by atoms with Gasteiger partial charge in [-0.1, -0.05) is 30.3 Å². The first-order chi connectivity index (χ1) is 12.9. The maximum absolute atomic E-state index is 5.98. The Morgan fingerprint density at radius 2 is 1.81 bits per heavy atom. The van der Waals surface area contributed by atoms with Crippen LogP contribution in [0.5, 0.6) is 5.75 Å². The number of ether oxygens (including phenoxy) is 1. The van der Waals surface area contributed by atoms with Crippen LogP contribution in [0.25, 0.3) is 11.3 Å². The number of nitrogens with zero attached hydrogens (tertiary/aromatic N) is 2. The molecule has 1 saturated carbocycles. The predicted octanol–water partition coefficient (Wildman–Crippen LogP) is 5.58. The lowest BCUT2D eigenvalue weighted by molar-refractivity contribution is 0.210. The number of nitrogens with one attached hydrogen (secondary N) is 1. The van der Waals surface area contributed by atoms with Gasteiger partial charge in [-0.05, 0) is 55.5 Å². The van der Waals surface area contributed by atoms with Crippen molar-refractivity contribution in [2.75, 3.05) is 5.43 Å². The van der Waals surface area contributed by atoms with Gasteiger partial charge in [0.1, 0.15) is 5.75 Å². The van der Waals surface area contributed by atoms with Gasteiger partial charge >= 0.3 is 0 Å². The monoisotopic (exact) mass is 363 g/mol. The van der Waals surface area contributed by atoms with E-state index >= 15 is 0 Å². The second-order valence-corrected chi connectivity index (χ2v) is 7.23. The SMILES string of the molecule is C(=NNc1nc(-c2ccccc2)cs1)c1ccc(OC2CCCC2)cc1. The number of anilines is 1. The van der Waals surface area contributed by atoms with Crippen molar-refractivity contribution in [1.29, 1.82) is 0 Å². The van der Waals surface area contributed by atoms with Crippen LogP contribution in [0.3, 0.4) is 0 Å². The molecule has 0 atom stereocenters. The van der Waals surface area contributed by atoms with Crippen LogP contribution in [0.2, 0.25) is 0 Å². The molecular weight excluding hydrogens is 342 g/mol. The lowest BCUT2D eigenvalue weighted by Crippen LogP contribution is -2.10. The molecule has 0 bridgehead atoms. The van der Waals surface area contributed by atoms with E-state index in [0.717, 1.165) is 27.7 Å². The minimum Gasteiger partial charge on any atom is -0.490 e. The summed E-state index contributed by atoms with van der Waals surface area (Å²) < 4.78 is 5.98. The summed E-state index contributed by atoms with van der Waals surface area (Å²) >= 11 is 1.54. The molecule has 1 aliphatic rings. The predicted molar refractivity (Wildman–Crippen MR) is 108 cm³/mol. The van der Waals surface area contributed by atoms with Crippen molar-refractivity contribution in [3.8, 4) is 17.0 Å². The molecular formula is C21H21N3OS. The summed E-state index contributed by atoms with van der Waals surface area (Å²) in [5.74, 6) is 0.939. The molecule has 5 heteroatoms. The minimum absolute atomic E-state index is 0.389. The molecule has 1 heterocycles. The Kier molecular flexibility index (Phi) is 5.26. The van der Waals surface area contributed by atoms with Crippen LogP contribution >= 0.6 is 11.3 Å². The summed E-state index contributed by atoms with van der Waals surface area (Å²) in [7, 11) is 0. The van der Waals surface area contributed by atoms with Crippen molar-refractivity contribution in [3.63, 3.8) is 0 Å². The van der Waals surface area contributed by atoms with Crippen molar-refractivity contribution < 1.29 is 4.74 Å². The van der Waals surface area contributed by atoms with Gasteiger partial charge in [-0.3, -0.25) is 5.43 Å². The smallest absolute Gasteiger partial charge is 0.203 e. The van der Waals surface area contributed by atoms with Gasteiger partial charge in [-0.15, -0.1) is 11.3 Å². The summed E-state index contributed by atoms with van der Waals surface area (Å²) in [6.07, 6.45) is 7.09. The van der Waals surface area contributed by atoms with E-state index < -0.39 is 0 Å². The van der Waals surface area contributed by atoms with E-state index in [1.54, 1.807) is 17.6 Å². The van der Waals surface area contributed by atoms with Crippen LogP contribution in [-0.2, 0) is 0 Å². The Balaban J connectivity index is 1.33. The van der Waals surface area contributed by atoms with Crippen LogP contribution < -0.4 is 10.2 Å². The molecule has 0 aliphatic heterocycles. The fourth-order valence-corrected chi connectivity index (χ4v) is 3.73. The number of aromatic nitrogens is 1. The molecule has 1 aliphatic carbocycles. The first-order valence-corrected chi connectivity index (χ1v) is 9.81. The fraction of sp³-hybridized carbons (Fsp3) is 0.238. The number of thiazole rings is 1. The highest BCUT2D eigenvalue weighted by molar-refractivity contribution is 7.14. The van der Waals surface area contributed by atoms with Gasteiger partial charge in [0, 0.05) is 10.9 Å². The molecule has 0 unspecified atom stereocenters. The maximum Gasteiger partial charge on any atom is 0.203 e. The van der Waals surface area contributed by atoms with Gasteiger partial charge in [-0.25, -0.2) is 4.98 Å². The van der Waals surface area contributed by atoms with Crippen LogP contribution in [-0.4, -0.2) is 17.3 Å². The first kappa shape index (κ1) is 16.8. The second kappa shape index (κ2) is 8.15. The Bertz CT molecular complexity index is 852. The molecule has 132 valence electrons. The molecule has 2 aromatic carbocycles. The Morgan fingerprint density at radius 1 is 1.04 bits per heavy atom. The van der Waals surface area contributed by atoms with Gasteiger partial charge in [0.25, 0.3) is 0 Å². The van der Waals surface area contributed by atoms with E-state index in [1.807, 2.05) is 47.8 Å². The zero-order valence-corrected chi connectivity index (χ0v) is 15.3. The normalized spacial score (nSPS) is 14.8. The van der Waals surface area contributed by atoms with E-state index in [9.17, 15) is 0 Å². The quantitative estimate of drug-likeness (QED) is 0.459. The Morgan fingerprint density at radius 3 is 2.58 bits per heavy atom. The molecule has 0 amide bonds. The van der Waals surface area contributed by atoms with Gasteiger partial charge in [-0.2, -0.15) is 5.10 Å². The van der Waals surface area contributed by atoms with Crippen LogP contribution in [0, 0.1) is 0 Å². The Hall–Kier alpha value is -2.66. The van der Waals surface area contributed by atoms with Crippen molar-refractivity contribution in [1.82, 2.24) is 4.98 Å². The zero-order chi connectivity index (χ0) is 17.6. The summed E-state index contributed by atoms with van der Waals surface area (Å²) in [6, 6.07) is 18.2. The summed E-state index contributed by atoms with van der Waals surface area (Å²) in [5, 5.41) is 7.09. The molecule has 0 spiro atoms. The van der Waals surface area contributed by atoms with Crippen LogP contribution in [0.4, 0.5) is 5.13 Å². The Labute approximate surface area is 157 Å². The van der Waals surface area contributed by atoms with Crippen molar-refractivity contribution in [2.24, 2.45) is 5.10 Å². The molecule has 26 heavy (non-hydrogen) atoms. The van der Waals surface area contributed by atoms with Gasteiger partial charge in [0.2, 0.25) is 5.13 Å². The number of benzene rings is 2. The van der Waals surface area contributed by atoms with E-state index in [0.29, 0.717) is 6.10 Å². The number of hydrogen-bond acceptors (Lipinski definition) is 5. The van der Waals surface area contributed by atoms with E-state index in [-0.39, 0.29) is 0 Å². The van der Waals surface area contributed by atoms with Gasteiger partial charge < -0.3 is 4.74 Å². The average molecular weight is 363 g/mol. The second-order valence-electron chi connectivity index (χ2n) is 6.37. The summed E-state index contributed by atoms with van der Waals surface area (Å²) in [4.78, 5) is 4.56. The third-order valence-corrected chi connectivity index (χ3v) is 5.18. The molecule has 1 N–H and O–H groups in total.